The van der Waals surface area contributed by atoms with Gasteiger partial charge in [0.25, 0.3) is 5.56 Å². The van der Waals surface area contributed by atoms with E-state index in [4.69, 9.17) is 0 Å². The number of aromatic nitrogens is 1. The molecule has 1 N–H and O–H groups in total. The fraction of sp³-hybridized carbons (Fsp3) is 0.667. The zero-order valence-corrected chi connectivity index (χ0v) is 11.5. The predicted octanol–water partition coefficient (Wildman–Crippen LogP) is 2.77. The van der Waals surface area contributed by atoms with Gasteiger partial charge in [0.1, 0.15) is 0 Å². The van der Waals surface area contributed by atoms with Crippen molar-refractivity contribution in [3.05, 3.63) is 33.7 Å². The van der Waals surface area contributed by atoms with E-state index in [9.17, 15) is 4.79 Å². The standard InChI is InChI=1S/C15H24N2O/c1-3-10-16-11-13-9-8-12(2)17(15(13)18)14-6-4-5-7-14/h8-9,14,16H,3-7,10-11H2,1-2H3. The van der Waals surface area contributed by atoms with Gasteiger partial charge in [-0.3, -0.25) is 4.79 Å². The monoisotopic (exact) mass is 248 g/mol. The van der Waals surface area contributed by atoms with E-state index in [1.807, 2.05) is 17.6 Å². The number of aryl methyl sites for hydroxylation is 1. The predicted molar refractivity (Wildman–Crippen MR) is 74.9 cm³/mol. The molecule has 0 aromatic carbocycles. The van der Waals surface area contributed by atoms with Gasteiger partial charge in [-0.25, -0.2) is 0 Å². The summed E-state index contributed by atoms with van der Waals surface area (Å²) >= 11 is 0. The Morgan fingerprint density at radius 3 is 2.72 bits per heavy atom. The number of rotatable bonds is 5. The Kier molecular flexibility index (Phi) is 4.59. The molecule has 1 fully saturated rings. The van der Waals surface area contributed by atoms with Crippen LogP contribution in [0.1, 0.15) is 56.3 Å². The highest BCUT2D eigenvalue weighted by atomic mass is 16.1. The quantitative estimate of drug-likeness (QED) is 0.813. The molecule has 3 heteroatoms. The smallest absolute Gasteiger partial charge is 0.255 e. The Morgan fingerprint density at radius 2 is 2.06 bits per heavy atom. The maximum absolute atomic E-state index is 12.5. The van der Waals surface area contributed by atoms with E-state index in [-0.39, 0.29) is 5.56 Å². The second-order valence-corrected chi connectivity index (χ2v) is 5.29. The van der Waals surface area contributed by atoms with Crippen LogP contribution in [0.25, 0.3) is 0 Å². The first kappa shape index (κ1) is 13.3. The molecule has 0 spiro atoms. The molecule has 0 aliphatic heterocycles. The molecule has 18 heavy (non-hydrogen) atoms. The minimum atomic E-state index is 0.213. The number of nitrogens with zero attached hydrogens (tertiary/aromatic N) is 1. The minimum absolute atomic E-state index is 0.213. The Hall–Kier alpha value is -1.09. The molecule has 100 valence electrons. The summed E-state index contributed by atoms with van der Waals surface area (Å²) in [6.07, 6.45) is 5.94. The average Bonchev–Trinajstić information content (AvgIpc) is 2.86. The molecule has 1 aliphatic rings. The Bertz CT molecular complexity index is 444. The lowest BCUT2D eigenvalue weighted by molar-refractivity contribution is 0.486. The maximum atomic E-state index is 12.5. The highest BCUT2D eigenvalue weighted by Gasteiger charge is 2.20. The molecule has 0 atom stereocenters. The number of nitrogens with one attached hydrogen (secondary N) is 1. The zero-order valence-electron chi connectivity index (χ0n) is 11.5. The maximum Gasteiger partial charge on any atom is 0.255 e. The first-order valence-electron chi connectivity index (χ1n) is 7.15. The SMILES string of the molecule is CCCNCc1ccc(C)n(C2CCCC2)c1=O. The molecular weight excluding hydrogens is 224 g/mol. The number of pyridine rings is 1. The second kappa shape index (κ2) is 6.19. The van der Waals surface area contributed by atoms with Crippen LogP contribution in [0.2, 0.25) is 0 Å². The largest absolute Gasteiger partial charge is 0.312 e. The summed E-state index contributed by atoms with van der Waals surface area (Å²) in [6, 6.07) is 4.50. The Morgan fingerprint density at radius 1 is 1.33 bits per heavy atom. The van der Waals surface area contributed by atoms with Gasteiger partial charge in [-0.2, -0.15) is 0 Å². The lowest BCUT2D eigenvalue weighted by Crippen LogP contribution is -2.30. The zero-order chi connectivity index (χ0) is 13.0. The lowest BCUT2D eigenvalue weighted by Gasteiger charge is -2.18. The molecule has 1 aromatic rings. The van der Waals surface area contributed by atoms with Crippen LogP contribution in [-0.2, 0) is 6.54 Å². The molecule has 1 saturated carbocycles. The summed E-state index contributed by atoms with van der Waals surface area (Å²) in [7, 11) is 0. The third kappa shape index (κ3) is 2.83. The van der Waals surface area contributed by atoms with E-state index in [2.05, 4.69) is 18.3 Å². The third-order valence-electron chi connectivity index (χ3n) is 3.83. The molecule has 0 bridgehead atoms. The number of hydrogen-bond donors (Lipinski definition) is 1. The molecule has 1 aliphatic carbocycles. The van der Waals surface area contributed by atoms with Crippen molar-refractivity contribution in [1.82, 2.24) is 9.88 Å². The van der Waals surface area contributed by atoms with Crippen LogP contribution in [0.5, 0.6) is 0 Å². The fourth-order valence-corrected chi connectivity index (χ4v) is 2.84. The fourth-order valence-electron chi connectivity index (χ4n) is 2.84. The Balaban J connectivity index is 2.22. The highest BCUT2D eigenvalue weighted by molar-refractivity contribution is 5.16. The third-order valence-corrected chi connectivity index (χ3v) is 3.83. The summed E-state index contributed by atoms with van der Waals surface area (Å²) in [4.78, 5) is 12.5. The van der Waals surface area contributed by atoms with Crippen LogP contribution in [0, 0.1) is 6.92 Å². The van der Waals surface area contributed by atoms with Crippen molar-refractivity contribution >= 4 is 0 Å². The Labute approximate surface area is 109 Å². The average molecular weight is 248 g/mol. The van der Waals surface area contributed by atoms with Crippen molar-refractivity contribution in [1.29, 1.82) is 0 Å². The van der Waals surface area contributed by atoms with Crippen LogP contribution in [0.4, 0.5) is 0 Å². The van der Waals surface area contributed by atoms with Gasteiger partial charge >= 0.3 is 0 Å². The van der Waals surface area contributed by atoms with Gasteiger partial charge in [0.05, 0.1) is 0 Å². The molecule has 0 unspecified atom stereocenters. The van der Waals surface area contributed by atoms with Crippen LogP contribution in [0.3, 0.4) is 0 Å². The van der Waals surface area contributed by atoms with E-state index in [1.54, 1.807) is 0 Å². The number of hydrogen-bond acceptors (Lipinski definition) is 2. The summed E-state index contributed by atoms with van der Waals surface area (Å²) in [5.74, 6) is 0. The molecule has 2 rings (SSSR count). The van der Waals surface area contributed by atoms with Gasteiger partial charge in [-0.1, -0.05) is 25.8 Å². The van der Waals surface area contributed by atoms with Crippen molar-refractivity contribution in [2.45, 2.75) is 58.5 Å². The van der Waals surface area contributed by atoms with Crippen molar-refractivity contribution in [3.63, 3.8) is 0 Å². The van der Waals surface area contributed by atoms with Gasteiger partial charge < -0.3 is 9.88 Å². The topological polar surface area (TPSA) is 34.0 Å². The van der Waals surface area contributed by atoms with Gasteiger partial charge in [-0.15, -0.1) is 0 Å². The normalized spacial score (nSPS) is 16.3. The molecule has 1 heterocycles. The van der Waals surface area contributed by atoms with Gasteiger partial charge in [0, 0.05) is 23.8 Å². The van der Waals surface area contributed by atoms with Crippen molar-refractivity contribution in [2.24, 2.45) is 0 Å². The summed E-state index contributed by atoms with van der Waals surface area (Å²) < 4.78 is 2.02. The van der Waals surface area contributed by atoms with E-state index in [1.165, 1.54) is 12.8 Å². The molecular formula is C15H24N2O. The first-order chi connectivity index (χ1) is 8.74. The van der Waals surface area contributed by atoms with Crippen LogP contribution >= 0.6 is 0 Å². The van der Waals surface area contributed by atoms with Crippen molar-refractivity contribution < 1.29 is 0 Å². The van der Waals surface area contributed by atoms with E-state index in [0.717, 1.165) is 37.1 Å². The van der Waals surface area contributed by atoms with Crippen LogP contribution in [0.15, 0.2) is 16.9 Å². The van der Waals surface area contributed by atoms with Gasteiger partial charge in [-0.05, 0) is 38.8 Å². The van der Waals surface area contributed by atoms with Crippen molar-refractivity contribution in [3.8, 4) is 0 Å². The lowest BCUT2D eigenvalue weighted by atomic mass is 10.1. The first-order valence-corrected chi connectivity index (χ1v) is 7.15. The minimum Gasteiger partial charge on any atom is -0.312 e. The summed E-state index contributed by atoms with van der Waals surface area (Å²) in [6.45, 7) is 5.85. The second-order valence-electron chi connectivity index (χ2n) is 5.29. The van der Waals surface area contributed by atoms with E-state index < -0.39 is 0 Å². The molecule has 0 amide bonds. The van der Waals surface area contributed by atoms with Crippen LogP contribution in [-0.4, -0.2) is 11.1 Å². The van der Waals surface area contributed by atoms with Gasteiger partial charge in [0.15, 0.2) is 0 Å². The van der Waals surface area contributed by atoms with Crippen LogP contribution < -0.4 is 10.9 Å². The molecule has 3 nitrogen and oxygen atoms in total. The van der Waals surface area contributed by atoms with Gasteiger partial charge in [0.2, 0.25) is 0 Å². The highest BCUT2D eigenvalue weighted by Crippen LogP contribution is 2.29. The summed E-state index contributed by atoms with van der Waals surface area (Å²) in [5.41, 5.74) is 2.22. The van der Waals surface area contributed by atoms with E-state index >= 15 is 0 Å². The molecule has 0 radical (unpaired) electrons. The molecule has 1 aromatic heterocycles. The van der Waals surface area contributed by atoms with E-state index in [0.29, 0.717) is 12.6 Å². The van der Waals surface area contributed by atoms with Crippen molar-refractivity contribution in [2.75, 3.05) is 6.54 Å². The summed E-state index contributed by atoms with van der Waals surface area (Å²) in [5, 5.41) is 3.32. The molecule has 0 saturated heterocycles.